The lowest BCUT2D eigenvalue weighted by Crippen LogP contribution is -2.32. The lowest BCUT2D eigenvalue weighted by atomic mass is 10.2. The third-order valence-electron chi connectivity index (χ3n) is 3.82. The maximum absolute atomic E-state index is 12.8. The fourth-order valence-corrected chi connectivity index (χ4v) is 2.65. The number of aryl methyl sites for hydroxylation is 1. The molecule has 1 heterocycles. The second kappa shape index (κ2) is 7.11. The number of hydrogen-bond acceptors (Lipinski definition) is 4. The van der Waals surface area contributed by atoms with Crippen LogP contribution < -0.4 is 10.6 Å². The first-order valence-electron chi connectivity index (χ1n) is 7.95. The first-order chi connectivity index (χ1) is 12.6. The van der Waals surface area contributed by atoms with Crippen molar-refractivity contribution < 1.29 is 22.4 Å². The average Bonchev–Trinajstić information content (AvgIpc) is 2.95. The summed E-state index contributed by atoms with van der Waals surface area (Å²) in [6.07, 6.45) is -4.53. The molecule has 0 unspecified atom stereocenters. The molecule has 0 bridgehead atoms. The van der Waals surface area contributed by atoms with E-state index in [0.717, 1.165) is 18.2 Å². The van der Waals surface area contributed by atoms with Crippen LogP contribution in [0, 0.1) is 6.92 Å². The summed E-state index contributed by atoms with van der Waals surface area (Å²) in [7, 11) is 0. The van der Waals surface area contributed by atoms with Crippen LogP contribution in [0.3, 0.4) is 0 Å². The van der Waals surface area contributed by atoms with Gasteiger partial charge < -0.3 is 15.1 Å². The number of alkyl halides is 3. The summed E-state index contributed by atoms with van der Waals surface area (Å²) in [6.45, 7) is 3.30. The summed E-state index contributed by atoms with van der Waals surface area (Å²) in [4.78, 5) is 16.6. The fourth-order valence-electron chi connectivity index (χ4n) is 2.49. The van der Waals surface area contributed by atoms with Crippen molar-refractivity contribution in [3.8, 4) is 0 Å². The summed E-state index contributed by atoms with van der Waals surface area (Å²) < 4.78 is 43.9. The number of oxazole rings is 1. The Hall–Kier alpha value is -2.74. The number of aromatic nitrogens is 1. The quantitative estimate of drug-likeness (QED) is 0.631. The molecule has 0 saturated heterocycles. The third-order valence-corrected chi connectivity index (χ3v) is 4.15. The lowest BCUT2D eigenvalue weighted by molar-refractivity contribution is -0.137. The van der Waals surface area contributed by atoms with Crippen LogP contribution in [0.15, 0.2) is 40.8 Å². The van der Waals surface area contributed by atoms with Crippen molar-refractivity contribution >= 4 is 40.0 Å². The molecule has 142 valence electrons. The highest BCUT2D eigenvalue weighted by molar-refractivity contribution is 6.33. The van der Waals surface area contributed by atoms with Crippen LogP contribution in [-0.2, 0) is 11.0 Å². The molecule has 2 N–H and O–H groups in total. The summed E-state index contributed by atoms with van der Waals surface area (Å²) in [5.41, 5.74) is 0.868. The van der Waals surface area contributed by atoms with E-state index in [4.69, 9.17) is 16.0 Å². The minimum atomic E-state index is -4.53. The predicted molar refractivity (Wildman–Crippen MR) is 96.9 cm³/mol. The van der Waals surface area contributed by atoms with Gasteiger partial charge in [-0.05, 0) is 43.3 Å². The zero-order valence-corrected chi connectivity index (χ0v) is 15.1. The molecule has 0 aliphatic carbocycles. The van der Waals surface area contributed by atoms with Gasteiger partial charge in [0.05, 0.1) is 16.3 Å². The van der Waals surface area contributed by atoms with E-state index in [1.165, 1.54) is 0 Å². The van der Waals surface area contributed by atoms with Gasteiger partial charge in [-0.25, -0.2) is 4.98 Å². The fraction of sp³-hybridized carbons (Fsp3) is 0.222. The molecule has 0 radical (unpaired) electrons. The minimum Gasteiger partial charge on any atom is -0.441 e. The van der Waals surface area contributed by atoms with E-state index >= 15 is 0 Å². The molecule has 0 spiro atoms. The molecule has 2 aromatic carbocycles. The van der Waals surface area contributed by atoms with Crippen molar-refractivity contribution in [1.82, 2.24) is 4.98 Å². The zero-order valence-electron chi connectivity index (χ0n) is 14.3. The van der Waals surface area contributed by atoms with Crippen LogP contribution in [0.1, 0.15) is 18.4 Å². The average molecular weight is 398 g/mol. The molecule has 1 amide bonds. The third kappa shape index (κ3) is 4.33. The Kier molecular flexibility index (Phi) is 5.01. The standard InChI is InChI=1S/C18H15ClF3N3O2/c1-9(23-12-4-6-16-15(8-12)24-10(2)27-16)17(26)25-14-7-11(18(20,21)22)3-5-13(14)19/h3-9,23H,1-2H3,(H,25,26)/t9-/m0/s1. The van der Waals surface area contributed by atoms with Gasteiger partial charge in [-0.15, -0.1) is 0 Å². The monoisotopic (exact) mass is 397 g/mol. The maximum Gasteiger partial charge on any atom is 0.416 e. The Morgan fingerprint density at radius 1 is 1.22 bits per heavy atom. The van der Waals surface area contributed by atoms with E-state index in [1.54, 1.807) is 32.0 Å². The first-order valence-corrected chi connectivity index (χ1v) is 8.32. The number of nitrogens with zero attached hydrogens (tertiary/aromatic N) is 1. The number of amides is 1. The van der Waals surface area contributed by atoms with E-state index in [-0.39, 0.29) is 10.7 Å². The number of hydrogen-bond donors (Lipinski definition) is 2. The van der Waals surface area contributed by atoms with Gasteiger partial charge in [0.15, 0.2) is 11.5 Å². The minimum absolute atomic E-state index is 0.0167. The van der Waals surface area contributed by atoms with E-state index in [9.17, 15) is 18.0 Å². The van der Waals surface area contributed by atoms with Crippen LogP contribution >= 0.6 is 11.6 Å². The summed E-state index contributed by atoms with van der Waals surface area (Å²) in [5, 5.41) is 5.40. The van der Waals surface area contributed by atoms with Crippen LogP contribution in [0.4, 0.5) is 24.5 Å². The van der Waals surface area contributed by atoms with Gasteiger partial charge >= 0.3 is 6.18 Å². The molecular formula is C18H15ClF3N3O2. The van der Waals surface area contributed by atoms with Crippen molar-refractivity contribution in [1.29, 1.82) is 0 Å². The highest BCUT2D eigenvalue weighted by Gasteiger charge is 2.31. The highest BCUT2D eigenvalue weighted by atomic mass is 35.5. The molecule has 3 rings (SSSR count). The topological polar surface area (TPSA) is 67.2 Å². The summed E-state index contributed by atoms with van der Waals surface area (Å²) in [6, 6.07) is 7.17. The smallest absolute Gasteiger partial charge is 0.416 e. The molecule has 0 fully saturated rings. The van der Waals surface area contributed by atoms with E-state index < -0.39 is 23.7 Å². The molecule has 9 heteroatoms. The summed E-state index contributed by atoms with van der Waals surface area (Å²) >= 11 is 5.90. The van der Waals surface area contributed by atoms with Gasteiger partial charge in [0.1, 0.15) is 11.6 Å². The molecule has 27 heavy (non-hydrogen) atoms. The van der Waals surface area contributed by atoms with Gasteiger partial charge in [-0.3, -0.25) is 4.79 Å². The molecular weight excluding hydrogens is 383 g/mol. The number of nitrogens with one attached hydrogen (secondary N) is 2. The van der Waals surface area contributed by atoms with Gasteiger partial charge in [-0.2, -0.15) is 13.2 Å². The van der Waals surface area contributed by atoms with Crippen molar-refractivity contribution in [2.75, 3.05) is 10.6 Å². The van der Waals surface area contributed by atoms with Crippen molar-refractivity contribution in [2.45, 2.75) is 26.1 Å². The Balaban J connectivity index is 1.73. The Labute approximate surface area is 157 Å². The van der Waals surface area contributed by atoms with E-state index in [1.807, 2.05) is 0 Å². The number of anilines is 2. The number of carbonyl (C=O) groups is 1. The number of rotatable bonds is 4. The van der Waals surface area contributed by atoms with Crippen molar-refractivity contribution in [3.63, 3.8) is 0 Å². The van der Waals surface area contributed by atoms with Gasteiger partial charge in [0, 0.05) is 12.6 Å². The molecule has 1 aromatic heterocycles. The lowest BCUT2D eigenvalue weighted by Gasteiger charge is -2.17. The largest absolute Gasteiger partial charge is 0.441 e. The zero-order chi connectivity index (χ0) is 19.8. The Bertz CT molecular complexity index is 1000. The first kappa shape index (κ1) is 19.0. The number of fused-ring (bicyclic) bond motifs is 1. The van der Waals surface area contributed by atoms with Crippen molar-refractivity contribution in [2.24, 2.45) is 0 Å². The molecule has 0 aliphatic rings. The molecule has 0 saturated carbocycles. The molecule has 5 nitrogen and oxygen atoms in total. The SMILES string of the molecule is Cc1nc2cc(N[C@@H](C)C(=O)Nc3cc(C(F)(F)F)ccc3Cl)ccc2o1. The second-order valence-corrected chi connectivity index (χ2v) is 6.37. The van der Waals surface area contributed by atoms with Crippen molar-refractivity contribution in [3.05, 3.63) is 52.9 Å². The summed E-state index contributed by atoms with van der Waals surface area (Å²) in [5.74, 6) is -0.0141. The number of carbonyl (C=O) groups excluding carboxylic acids is 1. The Morgan fingerprint density at radius 3 is 2.67 bits per heavy atom. The van der Waals surface area contributed by atoms with Gasteiger partial charge in [0.2, 0.25) is 5.91 Å². The predicted octanol–water partition coefficient (Wildman–Crippen LogP) is 5.25. The van der Waals surface area contributed by atoms with Gasteiger partial charge in [0.25, 0.3) is 0 Å². The second-order valence-electron chi connectivity index (χ2n) is 5.96. The van der Waals surface area contributed by atoms with E-state index in [0.29, 0.717) is 22.7 Å². The normalized spacial score (nSPS) is 12.8. The van der Waals surface area contributed by atoms with Crippen LogP contribution in [0.25, 0.3) is 11.1 Å². The maximum atomic E-state index is 12.8. The Morgan fingerprint density at radius 2 is 1.96 bits per heavy atom. The number of benzene rings is 2. The van der Waals surface area contributed by atoms with Gasteiger partial charge in [-0.1, -0.05) is 11.6 Å². The van der Waals surface area contributed by atoms with Crippen LogP contribution in [0.5, 0.6) is 0 Å². The molecule has 0 aliphatic heterocycles. The highest BCUT2D eigenvalue weighted by Crippen LogP contribution is 2.34. The van der Waals surface area contributed by atoms with Crippen LogP contribution in [0.2, 0.25) is 5.02 Å². The van der Waals surface area contributed by atoms with E-state index in [2.05, 4.69) is 15.6 Å². The molecule has 3 aromatic rings. The van der Waals surface area contributed by atoms with Crippen LogP contribution in [-0.4, -0.2) is 16.9 Å². The number of halogens is 4. The molecule has 1 atom stereocenters.